The molecule has 0 spiro atoms. The summed E-state index contributed by atoms with van der Waals surface area (Å²) >= 11 is 0. The number of hydrogen-bond acceptors (Lipinski definition) is 2. The van der Waals surface area contributed by atoms with Crippen molar-refractivity contribution < 1.29 is 9.50 Å². The summed E-state index contributed by atoms with van der Waals surface area (Å²) in [4.78, 5) is 0. The van der Waals surface area contributed by atoms with Crippen LogP contribution in [0.4, 0.5) is 4.39 Å². The molecule has 0 fully saturated rings. The lowest BCUT2D eigenvalue weighted by atomic mass is 10.1. The maximum Gasteiger partial charge on any atom is 0.109 e. The third-order valence-electron chi connectivity index (χ3n) is 2.15. The van der Waals surface area contributed by atoms with Gasteiger partial charge in [-0.15, -0.1) is 0 Å². The van der Waals surface area contributed by atoms with Crippen molar-refractivity contribution >= 4 is 0 Å². The van der Waals surface area contributed by atoms with Gasteiger partial charge in [-0.3, -0.25) is 4.68 Å². The molecule has 0 aliphatic carbocycles. The predicted octanol–water partition coefficient (Wildman–Crippen LogP) is 1.52. The second-order valence-corrected chi connectivity index (χ2v) is 3.17. The first kappa shape index (κ1) is 10.2. The number of aliphatic hydroxyl groups excluding tert-OH is 1. The van der Waals surface area contributed by atoms with E-state index in [1.54, 1.807) is 11.6 Å². The van der Waals surface area contributed by atoms with Gasteiger partial charge in [0.25, 0.3) is 0 Å². The van der Waals surface area contributed by atoms with Crippen LogP contribution in [0.25, 0.3) is 0 Å². The van der Waals surface area contributed by atoms with Crippen LogP contribution < -0.4 is 0 Å². The number of rotatable bonds is 3. The van der Waals surface area contributed by atoms with Gasteiger partial charge >= 0.3 is 0 Å². The zero-order valence-electron chi connectivity index (χ0n) is 8.21. The maximum absolute atomic E-state index is 12.1. The Morgan fingerprint density at radius 1 is 1.54 bits per heavy atom. The van der Waals surface area contributed by atoms with Crippen molar-refractivity contribution in [2.75, 3.05) is 6.67 Å². The lowest BCUT2D eigenvalue weighted by Gasteiger charge is -2.05. The van der Waals surface area contributed by atoms with Crippen LogP contribution in [-0.2, 0) is 6.54 Å². The van der Waals surface area contributed by atoms with Gasteiger partial charge in [-0.25, -0.2) is 4.39 Å². The van der Waals surface area contributed by atoms with Crippen LogP contribution >= 0.6 is 0 Å². The van der Waals surface area contributed by atoms with Gasteiger partial charge in [0.2, 0.25) is 0 Å². The van der Waals surface area contributed by atoms with E-state index in [0.717, 1.165) is 17.0 Å². The van der Waals surface area contributed by atoms with E-state index in [0.29, 0.717) is 0 Å². The van der Waals surface area contributed by atoms with Crippen LogP contribution in [0.5, 0.6) is 0 Å². The number of aliphatic hydroxyl groups is 1. The van der Waals surface area contributed by atoms with Gasteiger partial charge in [0.1, 0.15) is 6.67 Å². The molecule has 74 valence electrons. The van der Waals surface area contributed by atoms with Crippen molar-refractivity contribution in [3.8, 4) is 0 Å². The van der Waals surface area contributed by atoms with Crippen LogP contribution in [0.3, 0.4) is 0 Å². The zero-order chi connectivity index (χ0) is 10.0. The molecule has 1 N–H and O–H groups in total. The lowest BCUT2D eigenvalue weighted by molar-refractivity contribution is 0.197. The molecule has 1 aromatic rings. The Hall–Kier alpha value is -0.900. The Kier molecular flexibility index (Phi) is 3.03. The minimum Gasteiger partial charge on any atom is -0.389 e. The number of alkyl halides is 1. The molecule has 13 heavy (non-hydrogen) atoms. The minimum absolute atomic E-state index is 0.263. The summed E-state index contributed by atoms with van der Waals surface area (Å²) in [5.41, 5.74) is 2.44. The summed E-state index contributed by atoms with van der Waals surface area (Å²) in [6.07, 6.45) is -0.534. The molecular weight excluding hydrogens is 171 g/mol. The normalized spacial score (nSPS) is 13.3. The van der Waals surface area contributed by atoms with Gasteiger partial charge in [0, 0.05) is 11.3 Å². The first-order valence-electron chi connectivity index (χ1n) is 4.35. The number of aromatic nitrogens is 2. The van der Waals surface area contributed by atoms with E-state index >= 15 is 0 Å². The Morgan fingerprint density at radius 3 is 2.54 bits per heavy atom. The summed E-state index contributed by atoms with van der Waals surface area (Å²) in [6.45, 7) is 5.19. The second-order valence-electron chi connectivity index (χ2n) is 3.17. The molecule has 1 atom stereocenters. The zero-order valence-corrected chi connectivity index (χ0v) is 8.21. The monoisotopic (exact) mass is 186 g/mol. The van der Waals surface area contributed by atoms with E-state index in [-0.39, 0.29) is 6.54 Å². The van der Waals surface area contributed by atoms with Gasteiger partial charge in [-0.2, -0.15) is 5.10 Å². The molecule has 0 aliphatic rings. The summed E-state index contributed by atoms with van der Waals surface area (Å²) < 4.78 is 13.7. The molecule has 0 aliphatic heterocycles. The highest BCUT2D eigenvalue weighted by Gasteiger charge is 2.14. The van der Waals surface area contributed by atoms with Gasteiger partial charge in [-0.1, -0.05) is 0 Å². The van der Waals surface area contributed by atoms with E-state index in [4.69, 9.17) is 0 Å². The highest BCUT2D eigenvalue weighted by molar-refractivity contribution is 5.26. The summed E-state index contributed by atoms with van der Waals surface area (Å²) in [7, 11) is 0. The lowest BCUT2D eigenvalue weighted by Crippen LogP contribution is -2.04. The first-order valence-corrected chi connectivity index (χ1v) is 4.35. The third-order valence-corrected chi connectivity index (χ3v) is 2.15. The molecule has 0 bridgehead atoms. The third kappa shape index (κ3) is 1.88. The van der Waals surface area contributed by atoms with Crippen molar-refractivity contribution in [2.24, 2.45) is 0 Å². The van der Waals surface area contributed by atoms with Crippen LogP contribution in [-0.4, -0.2) is 21.6 Å². The number of nitrogens with zero attached hydrogens (tertiary/aromatic N) is 2. The molecule has 0 saturated heterocycles. The molecule has 4 heteroatoms. The molecule has 0 aromatic carbocycles. The van der Waals surface area contributed by atoms with Gasteiger partial charge < -0.3 is 5.11 Å². The Balaban J connectivity index is 3.07. The van der Waals surface area contributed by atoms with Crippen LogP contribution in [0.2, 0.25) is 0 Å². The number of hydrogen-bond donors (Lipinski definition) is 1. The molecule has 0 saturated carbocycles. The fourth-order valence-electron chi connectivity index (χ4n) is 1.61. The molecule has 0 radical (unpaired) electrons. The number of halogens is 1. The van der Waals surface area contributed by atoms with Gasteiger partial charge in [-0.05, 0) is 20.8 Å². The average Bonchev–Trinajstić information content (AvgIpc) is 2.28. The van der Waals surface area contributed by atoms with E-state index in [2.05, 4.69) is 5.10 Å². The van der Waals surface area contributed by atoms with Crippen molar-refractivity contribution in [3.05, 3.63) is 17.0 Å². The van der Waals surface area contributed by atoms with E-state index in [1.165, 1.54) is 0 Å². The van der Waals surface area contributed by atoms with Crippen molar-refractivity contribution in [3.63, 3.8) is 0 Å². The van der Waals surface area contributed by atoms with Crippen molar-refractivity contribution in [1.29, 1.82) is 0 Å². The highest BCUT2D eigenvalue weighted by Crippen LogP contribution is 2.20. The van der Waals surface area contributed by atoms with E-state index in [9.17, 15) is 9.50 Å². The molecule has 1 aromatic heterocycles. The average molecular weight is 186 g/mol. The highest BCUT2D eigenvalue weighted by atomic mass is 19.1. The SMILES string of the molecule is Cc1nn(CCF)c(C)c1C(C)O. The summed E-state index contributed by atoms with van der Waals surface area (Å²) in [6, 6.07) is 0. The molecule has 1 heterocycles. The smallest absolute Gasteiger partial charge is 0.109 e. The second kappa shape index (κ2) is 3.87. The first-order chi connectivity index (χ1) is 6.07. The molecule has 1 unspecified atom stereocenters. The van der Waals surface area contributed by atoms with E-state index < -0.39 is 12.8 Å². The van der Waals surface area contributed by atoms with Crippen molar-refractivity contribution in [1.82, 2.24) is 9.78 Å². The molecular formula is C9H15FN2O. The Morgan fingerprint density at radius 2 is 2.15 bits per heavy atom. The minimum atomic E-state index is -0.534. The van der Waals surface area contributed by atoms with Crippen LogP contribution in [0.15, 0.2) is 0 Å². The summed E-state index contributed by atoms with van der Waals surface area (Å²) in [5, 5.41) is 13.6. The van der Waals surface area contributed by atoms with Crippen LogP contribution in [0, 0.1) is 13.8 Å². The van der Waals surface area contributed by atoms with Gasteiger partial charge in [0.05, 0.1) is 18.3 Å². The fourth-order valence-corrected chi connectivity index (χ4v) is 1.61. The molecule has 1 rings (SSSR count). The molecule has 3 nitrogen and oxygen atoms in total. The number of aryl methyl sites for hydroxylation is 2. The largest absolute Gasteiger partial charge is 0.389 e. The molecule has 0 amide bonds. The van der Waals surface area contributed by atoms with Crippen molar-refractivity contribution in [2.45, 2.75) is 33.4 Å². The fraction of sp³-hybridized carbons (Fsp3) is 0.667. The quantitative estimate of drug-likeness (QED) is 0.777. The Labute approximate surface area is 77.2 Å². The topological polar surface area (TPSA) is 38.0 Å². The van der Waals surface area contributed by atoms with Crippen LogP contribution in [0.1, 0.15) is 30.0 Å². The predicted molar refractivity (Wildman–Crippen MR) is 48.3 cm³/mol. The maximum atomic E-state index is 12.1. The van der Waals surface area contributed by atoms with E-state index in [1.807, 2.05) is 13.8 Å². The standard InChI is InChI=1S/C9H15FN2O/c1-6-9(8(3)13)7(2)12(11-6)5-4-10/h8,13H,4-5H2,1-3H3. The van der Waals surface area contributed by atoms with Gasteiger partial charge in [0.15, 0.2) is 0 Å². The Bertz CT molecular complexity index is 294. The summed E-state index contributed by atoms with van der Waals surface area (Å²) in [5.74, 6) is 0.